The van der Waals surface area contributed by atoms with Crippen molar-refractivity contribution in [1.82, 2.24) is 25.0 Å². The summed E-state index contributed by atoms with van der Waals surface area (Å²) < 4.78 is 17.3. The van der Waals surface area contributed by atoms with Crippen LogP contribution in [-0.4, -0.2) is 38.7 Å². The molecule has 0 unspecified atom stereocenters. The number of carbonyl (C=O) groups is 2. The molecule has 3 aromatic rings. The van der Waals surface area contributed by atoms with Crippen molar-refractivity contribution in [3.05, 3.63) is 66.4 Å². The Balaban J connectivity index is 1.93. The van der Waals surface area contributed by atoms with Crippen molar-refractivity contribution in [2.75, 3.05) is 6.54 Å². The maximum Gasteiger partial charge on any atom is 0.257 e. The summed E-state index contributed by atoms with van der Waals surface area (Å²) in [4.78, 5) is 24.4. The molecule has 0 saturated heterocycles. The molecule has 0 saturated carbocycles. The molecule has 0 atom stereocenters. The lowest BCUT2D eigenvalue weighted by molar-refractivity contribution is -0.120. The molecular formula is C19H20FN5O2. The highest BCUT2D eigenvalue weighted by Gasteiger charge is 2.21. The maximum absolute atomic E-state index is 14.3. The lowest BCUT2D eigenvalue weighted by Crippen LogP contribution is -2.40. The number of benzene rings is 1. The summed E-state index contributed by atoms with van der Waals surface area (Å²) >= 11 is 0. The molecule has 0 bridgehead atoms. The van der Waals surface area contributed by atoms with E-state index in [1.165, 1.54) is 16.9 Å². The van der Waals surface area contributed by atoms with Gasteiger partial charge >= 0.3 is 0 Å². The molecule has 0 fully saturated rings. The SMILES string of the molecule is CC(C)NC(=O)CNC(=O)c1cnn(-c2ccccc2F)c1-n1cccc1. The minimum atomic E-state index is -0.472. The van der Waals surface area contributed by atoms with E-state index in [2.05, 4.69) is 15.7 Å². The zero-order valence-electron chi connectivity index (χ0n) is 15.0. The number of nitrogens with zero attached hydrogens (tertiary/aromatic N) is 3. The fourth-order valence-corrected chi connectivity index (χ4v) is 2.65. The number of aromatic nitrogens is 3. The molecule has 140 valence electrons. The van der Waals surface area contributed by atoms with Crippen LogP contribution in [0.25, 0.3) is 11.5 Å². The molecule has 2 aromatic heterocycles. The standard InChI is InChI=1S/C19H20FN5O2/c1-13(2)23-17(26)12-21-18(27)14-11-22-25(16-8-4-3-7-15(16)20)19(14)24-9-5-6-10-24/h3-11,13H,12H2,1-2H3,(H,21,27)(H,23,26). The van der Waals surface area contributed by atoms with Gasteiger partial charge in [0, 0.05) is 18.4 Å². The second-order valence-electron chi connectivity index (χ2n) is 6.24. The predicted octanol–water partition coefficient (Wildman–Crippen LogP) is 2.06. The molecule has 8 heteroatoms. The van der Waals surface area contributed by atoms with E-state index >= 15 is 0 Å². The van der Waals surface area contributed by atoms with Gasteiger partial charge in [0.15, 0.2) is 5.82 Å². The summed E-state index contributed by atoms with van der Waals surface area (Å²) in [5, 5.41) is 9.47. The summed E-state index contributed by atoms with van der Waals surface area (Å²) in [6.45, 7) is 3.51. The van der Waals surface area contributed by atoms with Crippen molar-refractivity contribution >= 4 is 11.8 Å². The minimum absolute atomic E-state index is 0.0198. The molecule has 2 N–H and O–H groups in total. The number of nitrogens with one attached hydrogen (secondary N) is 2. The summed E-state index contributed by atoms with van der Waals surface area (Å²) in [5.74, 6) is -0.841. The molecule has 1 aromatic carbocycles. The molecule has 0 spiro atoms. The van der Waals surface area contributed by atoms with E-state index in [1.807, 2.05) is 13.8 Å². The van der Waals surface area contributed by atoms with Crippen LogP contribution in [0.15, 0.2) is 55.0 Å². The molecular weight excluding hydrogens is 349 g/mol. The topological polar surface area (TPSA) is 81.0 Å². The van der Waals surface area contributed by atoms with E-state index in [-0.39, 0.29) is 29.7 Å². The third kappa shape index (κ3) is 4.05. The first kappa shape index (κ1) is 18.4. The lowest BCUT2D eigenvalue weighted by atomic mass is 10.2. The van der Waals surface area contributed by atoms with Crippen molar-refractivity contribution in [2.45, 2.75) is 19.9 Å². The van der Waals surface area contributed by atoms with Gasteiger partial charge in [0.2, 0.25) is 5.91 Å². The first-order valence-corrected chi connectivity index (χ1v) is 8.51. The number of carbonyl (C=O) groups excluding carboxylic acids is 2. The molecule has 27 heavy (non-hydrogen) atoms. The smallest absolute Gasteiger partial charge is 0.257 e. The number of hydrogen-bond acceptors (Lipinski definition) is 3. The molecule has 0 aliphatic rings. The van der Waals surface area contributed by atoms with E-state index in [0.717, 1.165) is 0 Å². The number of amides is 2. The van der Waals surface area contributed by atoms with Crippen molar-refractivity contribution in [3.8, 4) is 11.5 Å². The zero-order chi connectivity index (χ0) is 19.4. The Hall–Kier alpha value is -3.42. The average molecular weight is 369 g/mol. The Labute approximate surface area is 155 Å². The van der Waals surface area contributed by atoms with Gasteiger partial charge in [-0.1, -0.05) is 12.1 Å². The van der Waals surface area contributed by atoms with E-state index in [0.29, 0.717) is 5.82 Å². The molecule has 2 heterocycles. The van der Waals surface area contributed by atoms with Crippen LogP contribution in [0.3, 0.4) is 0 Å². The third-order valence-electron chi connectivity index (χ3n) is 3.78. The van der Waals surface area contributed by atoms with Gasteiger partial charge in [0.25, 0.3) is 5.91 Å². The highest BCUT2D eigenvalue weighted by molar-refractivity contribution is 5.99. The number of halogens is 1. The van der Waals surface area contributed by atoms with Crippen LogP contribution in [0.1, 0.15) is 24.2 Å². The number of para-hydroxylation sites is 1. The van der Waals surface area contributed by atoms with Gasteiger partial charge < -0.3 is 15.2 Å². The fraction of sp³-hybridized carbons (Fsp3) is 0.211. The van der Waals surface area contributed by atoms with Crippen LogP contribution in [0.4, 0.5) is 4.39 Å². The van der Waals surface area contributed by atoms with Crippen LogP contribution in [0.5, 0.6) is 0 Å². The van der Waals surface area contributed by atoms with Crippen molar-refractivity contribution in [3.63, 3.8) is 0 Å². The lowest BCUT2D eigenvalue weighted by Gasteiger charge is -2.12. The van der Waals surface area contributed by atoms with Crippen LogP contribution < -0.4 is 10.6 Å². The molecule has 0 aliphatic carbocycles. The number of rotatable bonds is 6. The highest BCUT2D eigenvalue weighted by Crippen LogP contribution is 2.21. The van der Waals surface area contributed by atoms with Crippen molar-refractivity contribution in [1.29, 1.82) is 0 Å². The zero-order valence-corrected chi connectivity index (χ0v) is 15.0. The van der Waals surface area contributed by atoms with Gasteiger partial charge in [-0.25, -0.2) is 9.07 Å². The van der Waals surface area contributed by atoms with Gasteiger partial charge in [0.1, 0.15) is 17.1 Å². The van der Waals surface area contributed by atoms with Gasteiger partial charge in [-0.05, 0) is 38.1 Å². The van der Waals surface area contributed by atoms with Crippen LogP contribution in [0, 0.1) is 5.82 Å². The maximum atomic E-state index is 14.3. The van der Waals surface area contributed by atoms with Gasteiger partial charge in [-0.15, -0.1) is 0 Å². The Morgan fingerprint density at radius 1 is 1.15 bits per heavy atom. The molecule has 3 rings (SSSR count). The summed E-state index contributed by atoms with van der Waals surface area (Å²) in [6.07, 6.45) is 4.82. The first-order valence-electron chi connectivity index (χ1n) is 8.51. The Morgan fingerprint density at radius 3 is 2.52 bits per heavy atom. The Bertz CT molecular complexity index is 947. The Kier molecular flexibility index (Phi) is 5.35. The van der Waals surface area contributed by atoms with Crippen LogP contribution in [-0.2, 0) is 4.79 Å². The largest absolute Gasteiger partial charge is 0.352 e. The molecule has 7 nitrogen and oxygen atoms in total. The number of hydrogen-bond donors (Lipinski definition) is 2. The second-order valence-corrected chi connectivity index (χ2v) is 6.24. The monoisotopic (exact) mass is 369 g/mol. The summed E-state index contributed by atoms with van der Waals surface area (Å²) in [7, 11) is 0. The van der Waals surface area contributed by atoms with E-state index in [9.17, 15) is 14.0 Å². The Morgan fingerprint density at radius 2 is 1.85 bits per heavy atom. The fourth-order valence-electron chi connectivity index (χ4n) is 2.65. The van der Waals surface area contributed by atoms with E-state index < -0.39 is 11.7 Å². The summed E-state index contributed by atoms with van der Waals surface area (Å²) in [5.41, 5.74) is 0.449. The van der Waals surface area contributed by atoms with Gasteiger partial charge in [-0.3, -0.25) is 9.59 Å². The van der Waals surface area contributed by atoms with Gasteiger partial charge in [-0.2, -0.15) is 5.10 Å². The van der Waals surface area contributed by atoms with E-state index in [1.54, 1.807) is 47.3 Å². The van der Waals surface area contributed by atoms with Crippen LogP contribution >= 0.6 is 0 Å². The highest BCUT2D eigenvalue weighted by atomic mass is 19.1. The third-order valence-corrected chi connectivity index (χ3v) is 3.78. The first-order chi connectivity index (χ1) is 13.0. The molecule has 0 aliphatic heterocycles. The second kappa shape index (κ2) is 7.86. The normalized spacial score (nSPS) is 10.8. The van der Waals surface area contributed by atoms with Gasteiger partial charge in [0.05, 0.1) is 12.7 Å². The summed E-state index contributed by atoms with van der Waals surface area (Å²) in [6, 6.07) is 9.73. The average Bonchev–Trinajstić information content (AvgIpc) is 3.28. The minimum Gasteiger partial charge on any atom is -0.352 e. The van der Waals surface area contributed by atoms with Crippen molar-refractivity contribution < 1.29 is 14.0 Å². The van der Waals surface area contributed by atoms with E-state index in [4.69, 9.17) is 0 Å². The van der Waals surface area contributed by atoms with Crippen LogP contribution in [0.2, 0.25) is 0 Å². The quantitative estimate of drug-likeness (QED) is 0.698. The van der Waals surface area contributed by atoms with Crippen molar-refractivity contribution in [2.24, 2.45) is 0 Å². The predicted molar refractivity (Wildman–Crippen MR) is 98.5 cm³/mol. The molecule has 2 amide bonds. The molecule has 0 radical (unpaired) electrons.